The molecule has 1 heterocycles. The van der Waals surface area contributed by atoms with Gasteiger partial charge in [-0.15, -0.1) is 8.62 Å². The van der Waals surface area contributed by atoms with E-state index in [0.717, 1.165) is 0 Å². The Morgan fingerprint density at radius 2 is 1.40 bits per heavy atom. The van der Waals surface area contributed by atoms with Crippen LogP contribution in [0, 0.1) is 5.21 Å². The van der Waals surface area contributed by atoms with Crippen LogP contribution in [0.2, 0.25) is 20.4 Å². The molecular formula is C5Cl4FNO3S. The monoisotopic (exact) mass is 313 g/mol. The third-order valence-electron chi connectivity index (χ3n) is 1.36. The van der Waals surface area contributed by atoms with Crippen LogP contribution in [0.3, 0.4) is 0 Å². The van der Waals surface area contributed by atoms with Gasteiger partial charge in [-0.3, -0.25) is 0 Å². The van der Waals surface area contributed by atoms with E-state index in [2.05, 4.69) is 0 Å². The molecule has 0 fully saturated rings. The van der Waals surface area contributed by atoms with E-state index >= 15 is 0 Å². The molecule has 0 aliphatic carbocycles. The molecule has 1 aromatic rings. The third kappa shape index (κ3) is 2.24. The van der Waals surface area contributed by atoms with Crippen LogP contribution in [0.4, 0.5) is 3.89 Å². The van der Waals surface area contributed by atoms with Crippen molar-refractivity contribution in [2.24, 2.45) is 0 Å². The Bertz CT molecular complexity index is 503. The van der Waals surface area contributed by atoms with Crippen LogP contribution in [-0.2, 0) is 10.2 Å². The number of hydrogen-bond donors (Lipinski definition) is 0. The summed E-state index contributed by atoms with van der Waals surface area (Å²) in [5.41, 5.74) is 0. The summed E-state index contributed by atoms with van der Waals surface area (Å²) in [6.45, 7) is 0. The first kappa shape index (κ1) is 13.1. The van der Waals surface area contributed by atoms with E-state index in [4.69, 9.17) is 46.4 Å². The minimum atomic E-state index is -5.21. The minimum Gasteiger partial charge on any atom is -0.616 e. The molecule has 0 bridgehead atoms. The quantitative estimate of drug-likeness (QED) is 0.346. The lowest BCUT2D eigenvalue weighted by Gasteiger charge is -2.07. The maximum absolute atomic E-state index is 12.7. The van der Waals surface area contributed by atoms with Crippen molar-refractivity contribution in [2.45, 2.75) is 4.90 Å². The Balaban J connectivity index is 3.84. The fraction of sp³-hybridized carbons (Fsp3) is 0. The maximum atomic E-state index is 12.7. The molecule has 1 aromatic heterocycles. The number of halogens is 5. The van der Waals surface area contributed by atoms with Crippen LogP contribution in [-0.4, -0.2) is 8.42 Å². The summed E-state index contributed by atoms with van der Waals surface area (Å²) in [6.07, 6.45) is 0. The lowest BCUT2D eigenvalue weighted by molar-refractivity contribution is -0.600. The molecule has 0 aliphatic heterocycles. The smallest absolute Gasteiger partial charge is 0.335 e. The van der Waals surface area contributed by atoms with E-state index in [9.17, 15) is 17.5 Å². The van der Waals surface area contributed by atoms with Crippen molar-refractivity contribution in [1.29, 1.82) is 0 Å². The van der Waals surface area contributed by atoms with Crippen LogP contribution in [0.15, 0.2) is 4.90 Å². The van der Waals surface area contributed by atoms with Gasteiger partial charge in [0.2, 0.25) is 0 Å². The van der Waals surface area contributed by atoms with Gasteiger partial charge >= 0.3 is 20.5 Å². The summed E-state index contributed by atoms with van der Waals surface area (Å²) >= 11 is 21.3. The molecule has 15 heavy (non-hydrogen) atoms. The molecule has 0 atom stereocenters. The van der Waals surface area contributed by atoms with Gasteiger partial charge in [-0.25, -0.2) is 0 Å². The van der Waals surface area contributed by atoms with Gasteiger partial charge in [-0.1, -0.05) is 23.2 Å². The number of aromatic nitrogens is 1. The lowest BCUT2D eigenvalue weighted by atomic mass is 10.5. The van der Waals surface area contributed by atoms with E-state index in [0.29, 0.717) is 0 Å². The first-order valence-corrected chi connectivity index (χ1v) is 5.97. The Hall–Kier alpha value is -0.0100. The molecule has 0 aliphatic rings. The zero-order valence-corrected chi connectivity index (χ0v) is 10.3. The highest BCUT2D eigenvalue weighted by molar-refractivity contribution is 7.86. The zero-order valence-electron chi connectivity index (χ0n) is 6.47. The standard InChI is InChI=1S/C5Cl4FNO3S/c6-1-3(15(10,13)14)2(7)5(9)11(12)4(1)8. The molecule has 0 unspecified atom stereocenters. The van der Waals surface area contributed by atoms with Crippen LogP contribution < -0.4 is 4.73 Å². The van der Waals surface area contributed by atoms with E-state index in [1.54, 1.807) is 0 Å². The zero-order chi connectivity index (χ0) is 12.0. The van der Waals surface area contributed by atoms with Gasteiger partial charge < -0.3 is 5.21 Å². The van der Waals surface area contributed by atoms with Crippen molar-refractivity contribution in [1.82, 2.24) is 0 Å². The molecular weight excluding hydrogens is 315 g/mol. The summed E-state index contributed by atoms with van der Waals surface area (Å²) < 4.78 is 33.8. The second-order valence-electron chi connectivity index (χ2n) is 2.27. The highest BCUT2D eigenvalue weighted by Crippen LogP contribution is 2.37. The number of rotatable bonds is 1. The van der Waals surface area contributed by atoms with Crippen molar-refractivity contribution in [3.05, 3.63) is 25.6 Å². The molecule has 0 saturated carbocycles. The summed E-state index contributed by atoms with van der Waals surface area (Å²) in [5.74, 6) is 0. The fourth-order valence-corrected chi connectivity index (χ4v) is 2.84. The highest BCUT2D eigenvalue weighted by atomic mass is 35.5. The third-order valence-corrected chi connectivity index (χ3v) is 4.10. The van der Waals surface area contributed by atoms with E-state index in [1.165, 1.54) is 0 Å². The summed E-state index contributed by atoms with van der Waals surface area (Å²) in [7, 11) is -5.21. The predicted molar refractivity (Wildman–Crippen MR) is 53.7 cm³/mol. The Morgan fingerprint density at radius 3 is 1.67 bits per heavy atom. The first-order valence-electron chi connectivity index (χ1n) is 3.08. The Kier molecular flexibility index (Phi) is 3.57. The summed E-state index contributed by atoms with van der Waals surface area (Å²) in [6, 6.07) is 0. The number of hydrogen-bond acceptors (Lipinski definition) is 3. The SMILES string of the molecule is O=S(=O)(F)c1c(Cl)c(Cl)[n+]([O-])c(Cl)c1Cl. The molecule has 4 nitrogen and oxygen atoms in total. The van der Waals surface area contributed by atoms with Gasteiger partial charge in [-0.05, 0) is 23.2 Å². The molecule has 0 spiro atoms. The van der Waals surface area contributed by atoms with Crippen LogP contribution in [0.25, 0.3) is 0 Å². The second-order valence-corrected chi connectivity index (χ2v) is 5.03. The molecule has 1 rings (SSSR count). The number of pyridine rings is 1. The van der Waals surface area contributed by atoms with Gasteiger partial charge in [-0.2, -0.15) is 8.42 Å². The van der Waals surface area contributed by atoms with Gasteiger partial charge in [0.25, 0.3) is 0 Å². The molecule has 0 radical (unpaired) electrons. The van der Waals surface area contributed by atoms with Gasteiger partial charge in [0.1, 0.15) is 10.0 Å². The maximum Gasteiger partial charge on any atom is 0.335 e. The van der Waals surface area contributed by atoms with Crippen molar-refractivity contribution in [3.63, 3.8) is 0 Å². The molecule has 0 saturated heterocycles. The molecule has 84 valence electrons. The molecule has 0 aromatic carbocycles. The molecule has 10 heteroatoms. The van der Waals surface area contributed by atoms with Crippen molar-refractivity contribution >= 4 is 56.6 Å². The molecule has 0 amide bonds. The Morgan fingerprint density at radius 1 is 1.07 bits per heavy atom. The van der Waals surface area contributed by atoms with Gasteiger partial charge in [0.15, 0.2) is 4.90 Å². The van der Waals surface area contributed by atoms with Crippen molar-refractivity contribution < 1.29 is 17.0 Å². The number of nitrogens with zero attached hydrogens (tertiary/aromatic N) is 1. The van der Waals surface area contributed by atoms with E-state index < -0.39 is 35.5 Å². The van der Waals surface area contributed by atoms with Crippen molar-refractivity contribution in [3.8, 4) is 0 Å². The average Bonchev–Trinajstić information content (AvgIpc) is 2.09. The van der Waals surface area contributed by atoms with E-state index in [1.807, 2.05) is 0 Å². The minimum absolute atomic E-state index is 0.123. The van der Waals surface area contributed by atoms with Crippen LogP contribution in [0.5, 0.6) is 0 Å². The second kappa shape index (κ2) is 4.10. The van der Waals surface area contributed by atoms with Crippen LogP contribution >= 0.6 is 46.4 Å². The van der Waals surface area contributed by atoms with Crippen LogP contribution in [0.1, 0.15) is 0 Å². The Labute approximate surface area is 104 Å². The van der Waals surface area contributed by atoms with E-state index in [-0.39, 0.29) is 4.73 Å². The van der Waals surface area contributed by atoms with Gasteiger partial charge in [0, 0.05) is 0 Å². The predicted octanol–water partition coefficient (Wildman–Crippen LogP) is 2.59. The first-order chi connectivity index (χ1) is 6.68. The van der Waals surface area contributed by atoms with Crippen molar-refractivity contribution in [2.75, 3.05) is 0 Å². The lowest BCUT2D eigenvalue weighted by Crippen LogP contribution is -2.30. The topological polar surface area (TPSA) is 61.1 Å². The largest absolute Gasteiger partial charge is 0.616 e. The van der Waals surface area contributed by atoms with Gasteiger partial charge in [0.05, 0.1) is 0 Å². The summed E-state index contributed by atoms with van der Waals surface area (Å²) in [5, 5.41) is 7.87. The summed E-state index contributed by atoms with van der Waals surface area (Å²) in [4.78, 5) is -1.12. The fourth-order valence-electron chi connectivity index (χ4n) is 0.762. The highest BCUT2D eigenvalue weighted by Gasteiger charge is 2.32. The average molecular weight is 315 g/mol. The molecule has 0 N–H and O–H groups in total. The normalized spacial score (nSPS) is 11.8.